The number of benzene rings is 1. The monoisotopic (exact) mass is 276 g/mol. The minimum Gasteiger partial charge on any atom is -0.316 e. The molecule has 0 atom stereocenters. The van der Waals surface area contributed by atoms with E-state index >= 15 is 0 Å². The lowest BCUT2D eigenvalue weighted by molar-refractivity contribution is -0.384. The van der Waals surface area contributed by atoms with E-state index in [4.69, 9.17) is 0 Å². The highest BCUT2D eigenvalue weighted by molar-refractivity contribution is 7.07. The molecule has 100 valence electrons. The number of nitro benzene ring substituents is 1. The van der Waals surface area contributed by atoms with Crippen LogP contribution in [0.1, 0.15) is 11.1 Å². The number of nitrogens with zero attached hydrogens (tertiary/aromatic N) is 1. The largest absolute Gasteiger partial charge is 0.316 e. The Morgan fingerprint density at radius 2 is 1.74 bits per heavy atom. The summed E-state index contributed by atoms with van der Waals surface area (Å²) in [6, 6.07) is 8.89. The lowest BCUT2D eigenvalue weighted by Gasteiger charge is -2.04. The van der Waals surface area contributed by atoms with E-state index in [0.29, 0.717) is 0 Å². The van der Waals surface area contributed by atoms with Gasteiger partial charge < -0.3 is 5.32 Å². The highest BCUT2D eigenvalue weighted by Gasteiger charge is 2.03. The normalized spacial score (nSPS) is 10.5. The summed E-state index contributed by atoms with van der Waals surface area (Å²) in [4.78, 5) is 10.1. The molecule has 0 aliphatic rings. The summed E-state index contributed by atoms with van der Waals surface area (Å²) >= 11 is 1.72. The zero-order valence-electron chi connectivity index (χ0n) is 10.5. The summed E-state index contributed by atoms with van der Waals surface area (Å²) in [5, 5.41) is 18.2. The first-order chi connectivity index (χ1) is 9.25. The third kappa shape index (κ3) is 4.46. The highest BCUT2D eigenvalue weighted by atomic mass is 32.1. The number of hydrogen-bond acceptors (Lipinski definition) is 4. The van der Waals surface area contributed by atoms with Crippen molar-refractivity contribution in [3.63, 3.8) is 0 Å². The van der Waals surface area contributed by atoms with Crippen LogP contribution >= 0.6 is 11.3 Å². The van der Waals surface area contributed by atoms with Crippen LogP contribution < -0.4 is 5.32 Å². The average Bonchev–Trinajstić information content (AvgIpc) is 2.92. The number of hydrogen-bond donors (Lipinski definition) is 1. The molecular weight excluding hydrogens is 260 g/mol. The second kappa shape index (κ2) is 7.01. The van der Waals surface area contributed by atoms with Gasteiger partial charge in [-0.15, -0.1) is 0 Å². The molecule has 1 heterocycles. The first-order valence-corrected chi connectivity index (χ1v) is 7.15. The fraction of sp³-hybridized carbons (Fsp3) is 0.286. The fourth-order valence-electron chi connectivity index (χ4n) is 1.81. The van der Waals surface area contributed by atoms with Crippen molar-refractivity contribution in [3.8, 4) is 0 Å². The van der Waals surface area contributed by atoms with Gasteiger partial charge in [0.05, 0.1) is 4.92 Å². The van der Waals surface area contributed by atoms with E-state index in [9.17, 15) is 10.1 Å². The smallest absolute Gasteiger partial charge is 0.269 e. The molecule has 0 aliphatic heterocycles. The van der Waals surface area contributed by atoms with E-state index in [1.54, 1.807) is 23.5 Å². The number of non-ortho nitro benzene ring substituents is 1. The van der Waals surface area contributed by atoms with Crippen LogP contribution in [0.4, 0.5) is 5.69 Å². The number of thiophene rings is 1. The van der Waals surface area contributed by atoms with Gasteiger partial charge in [0.1, 0.15) is 0 Å². The highest BCUT2D eigenvalue weighted by Crippen LogP contribution is 2.12. The van der Waals surface area contributed by atoms with Crippen LogP contribution in [-0.4, -0.2) is 18.0 Å². The van der Waals surface area contributed by atoms with Crippen molar-refractivity contribution in [3.05, 3.63) is 62.3 Å². The molecule has 19 heavy (non-hydrogen) atoms. The predicted molar refractivity (Wildman–Crippen MR) is 77.7 cm³/mol. The van der Waals surface area contributed by atoms with Crippen LogP contribution in [0, 0.1) is 10.1 Å². The first-order valence-electron chi connectivity index (χ1n) is 6.21. The minimum absolute atomic E-state index is 0.147. The third-order valence-electron chi connectivity index (χ3n) is 2.91. The van der Waals surface area contributed by atoms with Crippen LogP contribution in [0.2, 0.25) is 0 Å². The lowest BCUT2D eigenvalue weighted by Crippen LogP contribution is -2.19. The topological polar surface area (TPSA) is 55.2 Å². The van der Waals surface area contributed by atoms with Crippen molar-refractivity contribution < 1.29 is 4.92 Å². The van der Waals surface area contributed by atoms with Crippen LogP contribution in [0.25, 0.3) is 0 Å². The molecule has 1 N–H and O–H groups in total. The van der Waals surface area contributed by atoms with Gasteiger partial charge in [0.15, 0.2) is 0 Å². The second-order valence-corrected chi connectivity index (χ2v) is 5.09. The molecule has 2 aromatic rings. The van der Waals surface area contributed by atoms with Crippen molar-refractivity contribution in [2.45, 2.75) is 12.8 Å². The van der Waals surface area contributed by atoms with Crippen LogP contribution in [-0.2, 0) is 12.8 Å². The maximum absolute atomic E-state index is 10.5. The molecule has 0 spiro atoms. The van der Waals surface area contributed by atoms with E-state index < -0.39 is 0 Å². The quantitative estimate of drug-likeness (QED) is 0.480. The molecule has 0 amide bonds. The molecule has 0 saturated carbocycles. The summed E-state index contributed by atoms with van der Waals surface area (Å²) in [7, 11) is 0. The van der Waals surface area contributed by atoms with Gasteiger partial charge in [-0.3, -0.25) is 10.1 Å². The molecule has 0 fully saturated rings. The minimum atomic E-state index is -0.372. The summed E-state index contributed by atoms with van der Waals surface area (Å²) in [5.74, 6) is 0. The van der Waals surface area contributed by atoms with Gasteiger partial charge in [0.25, 0.3) is 5.69 Å². The SMILES string of the molecule is O=[N+]([O-])c1ccc(CCNCCc2ccsc2)cc1. The molecule has 0 bridgehead atoms. The van der Waals surface area contributed by atoms with E-state index in [0.717, 1.165) is 31.5 Å². The van der Waals surface area contributed by atoms with Gasteiger partial charge >= 0.3 is 0 Å². The number of nitrogens with one attached hydrogen (secondary N) is 1. The first kappa shape index (κ1) is 13.7. The Kier molecular flexibility index (Phi) is 5.06. The zero-order valence-corrected chi connectivity index (χ0v) is 11.4. The molecule has 1 aromatic carbocycles. The number of nitro groups is 1. The van der Waals surface area contributed by atoms with Gasteiger partial charge in [0.2, 0.25) is 0 Å². The van der Waals surface area contributed by atoms with Crippen molar-refractivity contribution in [1.82, 2.24) is 5.32 Å². The molecule has 0 aliphatic carbocycles. The summed E-state index contributed by atoms with van der Waals surface area (Å²) < 4.78 is 0. The predicted octanol–water partition coefficient (Wildman–Crippen LogP) is 3.03. The van der Waals surface area contributed by atoms with Crippen LogP contribution in [0.5, 0.6) is 0 Å². The van der Waals surface area contributed by atoms with E-state index in [1.165, 1.54) is 5.56 Å². The van der Waals surface area contributed by atoms with Gasteiger partial charge in [-0.05, 0) is 53.9 Å². The van der Waals surface area contributed by atoms with Gasteiger partial charge in [0, 0.05) is 12.1 Å². The third-order valence-corrected chi connectivity index (χ3v) is 3.64. The van der Waals surface area contributed by atoms with Crippen molar-refractivity contribution in [2.75, 3.05) is 13.1 Å². The molecular formula is C14H16N2O2S. The van der Waals surface area contributed by atoms with Crippen molar-refractivity contribution in [2.24, 2.45) is 0 Å². The van der Waals surface area contributed by atoms with E-state index in [2.05, 4.69) is 22.1 Å². The Labute approximate surface area is 116 Å². The zero-order chi connectivity index (χ0) is 13.5. The van der Waals surface area contributed by atoms with E-state index in [-0.39, 0.29) is 10.6 Å². The molecule has 5 heteroatoms. The Bertz CT molecular complexity index is 509. The second-order valence-electron chi connectivity index (χ2n) is 4.31. The van der Waals surface area contributed by atoms with Crippen LogP contribution in [0.3, 0.4) is 0 Å². The van der Waals surface area contributed by atoms with Gasteiger partial charge in [-0.25, -0.2) is 0 Å². The Hall–Kier alpha value is -1.72. The molecule has 1 aromatic heterocycles. The lowest BCUT2D eigenvalue weighted by atomic mass is 10.1. The molecule has 0 saturated heterocycles. The van der Waals surface area contributed by atoms with Crippen molar-refractivity contribution in [1.29, 1.82) is 0 Å². The standard InChI is InChI=1S/C14H16N2O2S/c17-16(18)14-3-1-12(2-4-14)5-8-15-9-6-13-7-10-19-11-13/h1-4,7,10-11,15H,5-6,8-9H2. The van der Waals surface area contributed by atoms with Gasteiger partial charge in [-0.2, -0.15) is 11.3 Å². The van der Waals surface area contributed by atoms with Crippen molar-refractivity contribution >= 4 is 17.0 Å². The molecule has 4 nitrogen and oxygen atoms in total. The average molecular weight is 276 g/mol. The molecule has 2 rings (SSSR count). The van der Waals surface area contributed by atoms with E-state index in [1.807, 2.05) is 12.1 Å². The molecule has 0 radical (unpaired) electrons. The van der Waals surface area contributed by atoms with Gasteiger partial charge in [-0.1, -0.05) is 12.1 Å². The number of rotatable bonds is 7. The maximum atomic E-state index is 10.5. The summed E-state index contributed by atoms with van der Waals surface area (Å²) in [6.07, 6.45) is 1.94. The van der Waals surface area contributed by atoms with Crippen LogP contribution in [0.15, 0.2) is 41.1 Å². The Morgan fingerprint density at radius 1 is 1.05 bits per heavy atom. The Morgan fingerprint density at radius 3 is 2.32 bits per heavy atom. The molecule has 0 unspecified atom stereocenters. The summed E-state index contributed by atoms with van der Waals surface area (Å²) in [6.45, 7) is 1.85. The summed E-state index contributed by atoms with van der Waals surface area (Å²) in [5.41, 5.74) is 2.63. The Balaban J connectivity index is 1.66. The maximum Gasteiger partial charge on any atom is 0.269 e. The fourth-order valence-corrected chi connectivity index (χ4v) is 2.51.